The van der Waals surface area contributed by atoms with Gasteiger partial charge in [-0.2, -0.15) is 0 Å². The van der Waals surface area contributed by atoms with Crippen LogP contribution in [0, 0.1) is 5.82 Å². The minimum Gasteiger partial charge on any atom is -0.424 e. The van der Waals surface area contributed by atoms with Gasteiger partial charge in [0, 0.05) is 12.8 Å². The molecule has 2 aromatic carbocycles. The van der Waals surface area contributed by atoms with Gasteiger partial charge in [0.15, 0.2) is 15.7 Å². The first-order valence-electron chi connectivity index (χ1n) is 9.21. The zero-order valence-electron chi connectivity index (χ0n) is 17.0. The smallest absolute Gasteiger partial charge is 0.322 e. The summed E-state index contributed by atoms with van der Waals surface area (Å²) in [5.74, 6) is 0.188. The number of hydrogen-bond donors (Lipinski definition) is 1. The number of hydrogen-bond acceptors (Lipinski definition) is 7. The Balaban J connectivity index is 1.89. The standard InChI is InChI=1S/C19H21FN4O5S2/c1-4-24-18(21-22-19(24)29-15-11-9-14(20)10-12-15)13(2)23-31(27,28)17-8-6-5-7-16(17)30(3,25)26/h5-13,23H,4H2,1-3H3/t13-/m1/s1. The molecule has 0 aliphatic carbocycles. The second kappa shape index (κ2) is 8.73. The predicted octanol–water partition coefficient (Wildman–Crippen LogP) is 2.67. The fraction of sp³-hybridized carbons (Fsp3) is 0.263. The summed E-state index contributed by atoms with van der Waals surface area (Å²) in [5.41, 5.74) is 0. The Bertz CT molecular complexity index is 1290. The van der Waals surface area contributed by atoms with E-state index in [0.29, 0.717) is 12.3 Å². The van der Waals surface area contributed by atoms with Crippen molar-refractivity contribution in [2.45, 2.75) is 36.2 Å². The van der Waals surface area contributed by atoms with Gasteiger partial charge in [-0.15, -0.1) is 5.10 Å². The summed E-state index contributed by atoms with van der Waals surface area (Å²) in [6.45, 7) is 3.72. The minimum absolute atomic E-state index is 0.103. The average molecular weight is 469 g/mol. The molecule has 0 amide bonds. The molecule has 0 aliphatic rings. The molecule has 0 radical (unpaired) electrons. The molecule has 1 atom stereocenters. The van der Waals surface area contributed by atoms with Crippen molar-refractivity contribution in [3.05, 3.63) is 60.2 Å². The summed E-state index contributed by atoms with van der Waals surface area (Å²) < 4.78 is 72.5. The summed E-state index contributed by atoms with van der Waals surface area (Å²) >= 11 is 0. The third-order valence-electron chi connectivity index (χ3n) is 4.34. The highest BCUT2D eigenvalue weighted by Gasteiger charge is 2.28. The maximum absolute atomic E-state index is 13.1. The van der Waals surface area contributed by atoms with Crippen LogP contribution in [0.2, 0.25) is 0 Å². The average Bonchev–Trinajstić information content (AvgIpc) is 3.11. The summed E-state index contributed by atoms with van der Waals surface area (Å²) in [7, 11) is -7.96. The number of aromatic nitrogens is 3. The molecule has 1 N–H and O–H groups in total. The highest BCUT2D eigenvalue weighted by molar-refractivity contribution is 7.93. The molecule has 0 aliphatic heterocycles. The van der Waals surface area contributed by atoms with Gasteiger partial charge in [0.05, 0.1) is 10.9 Å². The fourth-order valence-electron chi connectivity index (χ4n) is 2.93. The van der Waals surface area contributed by atoms with E-state index in [1.165, 1.54) is 48.5 Å². The Hall–Kier alpha value is -2.83. The van der Waals surface area contributed by atoms with Gasteiger partial charge in [-0.3, -0.25) is 4.57 Å². The number of nitrogens with one attached hydrogen (secondary N) is 1. The van der Waals surface area contributed by atoms with Crippen molar-refractivity contribution >= 4 is 19.9 Å². The highest BCUT2D eigenvalue weighted by Crippen LogP contribution is 2.26. The van der Waals surface area contributed by atoms with Crippen LogP contribution in [0.1, 0.15) is 25.7 Å². The van der Waals surface area contributed by atoms with E-state index in [1.807, 2.05) is 0 Å². The summed E-state index contributed by atoms with van der Waals surface area (Å²) in [6.07, 6.45) is 0.942. The monoisotopic (exact) mass is 468 g/mol. The molecule has 0 saturated carbocycles. The molecule has 12 heteroatoms. The molecule has 31 heavy (non-hydrogen) atoms. The Morgan fingerprint density at radius 3 is 2.23 bits per heavy atom. The summed E-state index contributed by atoms with van der Waals surface area (Å²) in [6, 6.07) is 9.93. The van der Waals surface area contributed by atoms with E-state index in [4.69, 9.17) is 4.74 Å². The van der Waals surface area contributed by atoms with Crippen LogP contribution in [0.15, 0.2) is 58.3 Å². The first-order valence-corrected chi connectivity index (χ1v) is 12.6. The molecule has 9 nitrogen and oxygen atoms in total. The van der Waals surface area contributed by atoms with Gasteiger partial charge in [0.1, 0.15) is 16.5 Å². The SMILES string of the molecule is CCn1c(Oc2ccc(F)cc2)nnc1[C@@H](C)NS(=O)(=O)c1ccccc1S(C)(=O)=O. The van der Waals surface area contributed by atoms with Gasteiger partial charge in [-0.25, -0.2) is 25.9 Å². The van der Waals surface area contributed by atoms with Crippen molar-refractivity contribution in [3.8, 4) is 11.8 Å². The van der Waals surface area contributed by atoms with Gasteiger partial charge in [0.25, 0.3) is 0 Å². The van der Waals surface area contributed by atoms with Gasteiger partial charge < -0.3 is 4.74 Å². The molecule has 0 fully saturated rings. The summed E-state index contributed by atoms with van der Waals surface area (Å²) in [5, 5.41) is 7.97. The largest absolute Gasteiger partial charge is 0.424 e. The van der Waals surface area contributed by atoms with Crippen molar-refractivity contribution in [2.24, 2.45) is 0 Å². The highest BCUT2D eigenvalue weighted by atomic mass is 32.2. The van der Waals surface area contributed by atoms with Gasteiger partial charge in [-0.1, -0.05) is 17.2 Å². The first-order chi connectivity index (χ1) is 14.5. The lowest BCUT2D eigenvalue weighted by Crippen LogP contribution is -2.30. The van der Waals surface area contributed by atoms with Crippen LogP contribution in [0.5, 0.6) is 11.8 Å². The minimum atomic E-state index is -4.19. The van der Waals surface area contributed by atoms with Gasteiger partial charge in [0.2, 0.25) is 10.0 Å². The lowest BCUT2D eigenvalue weighted by Gasteiger charge is -2.16. The van der Waals surface area contributed by atoms with Crippen molar-refractivity contribution < 1.29 is 26.0 Å². The molecular formula is C19H21FN4O5S2. The van der Waals surface area contributed by atoms with Gasteiger partial charge >= 0.3 is 6.01 Å². The van der Waals surface area contributed by atoms with E-state index in [1.54, 1.807) is 18.4 Å². The maximum Gasteiger partial charge on any atom is 0.322 e. The Labute approximate surface area is 179 Å². The molecule has 0 unspecified atom stereocenters. The first kappa shape index (κ1) is 22.8. The Morgan fingerprint density at radius 2 is 1.65 bits per heavy atom. The molecule has 1 heterocycles. The van der Waals surface area contributed by atoms with E-state index in [0.717, 1.165) is 6.26 Å². The van der Waals surface area contributed by atoms with Crippen LogP contribution in [-0.4, -0.2) is 37.9 Å². The van der Waals surface area contributed by atoms with E-state index >= 15 is 0 Å². The molecule has 166 valence electrons. The van der Waals surface area contributed by atoms with Crippen LogP contribution in [0.4, 0.5) is 4.39 Å². The number of sulfone groups is 1. The molecule has 0 saturated heterocycles. The predicted molar refractivity (Wildman–Crippen MR) is 110 cm³/mol. The second-order valence-electron chi connectivity index (χ2n) is 6.70. The van der Waals surface area contributed by atoms with Crippen molar-refractivity contribution in [1.29, 1.82) is 0 Å². The third-order valence-corrected chi connectivity index (χ3v) is 7.22. The van der Waals surface area contributed by atoms with Crippen molar-refractivity contribution in [1.82, 2.24) is 19.5 Å². The number of sulfonamides is 1. The van der Waals surface area contributed by atoms with E-state index < -0.39 is 31.7 Å². The normalized spacial score (nSPS) is 13.2. The zero-order chi connectivity index (χ0) is 22.8. The lowest BCUT2D eigenvalue weighted by atomic mass is 10.3. The molecule has 0 bridgehead atoms. The lowest BCUT2D eigenvalue weighted by molar-refractivity contribution is 0.407. The quantitative estimate of drug-likeness (QED) is 0.540. The maximum atomic E-state index is 13.1. The van der Waals surface area contributed by atoms with Crippen LogP contribution in [-0.2, 0) is 26.4 Å². The number of ether oxygens (including phenoxy) is 1. The van der Waals surface area contributed by atoms with Crippen LogP contribution in [0.3, 0.4) is 0 Å². The molecule has 3 aromatic rings. The molecule has 0 spiro atoms. The molecule has 1 aromatic heterocycles. The van der Waals surface area contributed by atoms with E-state index in [9.17, 15) is 21.2 Å². The Morgan fingerprint density at radius 1 is 1.03 bits per heavy atom. The molecule has 3 rings (SSSR count). The van der Waals surface area contributed by atoms with Crippen molar-refractivity contribution in [2.75, 3.05) is 6.26 Å². The van der Waals surface area contributed by atoms with E-state index in [-0.39, 0.29) is 21.6 Å². The van der Waals surface area contributed by atoms with Crippen LogP contribution in [0.25, 0.3) is 0 Å². The van der Waals surface area contributed by atoms with Crippen LogP contribution >= 0.6 is 0 Å². The van der Waals surface area contributed by atoms with Crippen molar-refractivity contribution in [3.63, 3.8) is 0 Å². The van der Waals surface area contributed by atoms with Crippen LogP contribution < -0.4 is 9.46 Å². The van der Waals surface area contributed by atoms with E-state index in [2.05, 4.69) is 14.9 Å². The molecular weight excluding hydrogens is 447 g/mol. The zero-order valence-corrected chi connectivity index (χ0v) is 18.6. The number of halogens is 1. The second-order valence-corrected chi connectivity index (χ2v) is 10.4. The number of benzene rings is 2. The number of rotatable bonds is 8. The van der Waals surface area contributed by atoms with Gasteiger partial charge in [-0.05, 0) is 50.2 Å². The summed E-state index contributed by atoms with van der Waals surface area (Å²) in [4.78, 5) is -0.651. The fourth-order valence-corrected chi connectivity index (χ4v) is 5.76. The third kappa shape index (κ3) is 5.09. The number of nitrogens with zero attached hydrogens (tertiary/aromatic N) is 3. The Kier molecular flexibility index (Phi) is 6.43. The topological polar surface area (TPSA) is 120 Å².